The summed E-state index contributed by atoms with van der Waals surface area (Å²) < 4.78 is 13.5. The van der Waals surface area contributed by atoms with Gasteiger partial charge in [-0.2, -0.15) is 5.10 Å². The smallest absolute Gasteiger partial charge is 0.321 e. The molecule has 1 unspecified atom stereocenters. The van der Waals surface area contributed by atoms with Crippen LogP contribution in [0.5, 0.6) is 0 Å². The van der Waals surface area contributed by atoms with E-state index in [1.165, 1.54) is 0 Å². The van der Waals surface area contributed by atoms with E-state index in [2.05, 4.69) is 10.4 Å². The van der Waals surface area contributed by atoms with Gasteiger partial charge in [0.2, 0.25) is 0 Å². The van der Waals surface area contributed by atoms with Crippen LogP contribution in [0.2, 0.25) is 0 Å². The Bertz CT molecular complexity index is 743. The number of carbonyl (C=O) groups is 1. The van der Waals surface area contributed by atoms with Crippen LogP contribution < -0.4 is 5.32 Å². The first-order valence-corrected chi connectivity index (χ1v) is 9.27. The van der Waals surface area contributed by atoms with Crippen LogP contribution in [0.15, 0.2) is 42.7 Å². The molecule has 1 aromatic heterocycles. The van der Waals surface area contributed by atoms with Crippen LogP contribution in [0, 0.1) is 0 Å². The van der Waals surface area contributed by atoms with Crippen molar-refractivity contribution in [3.8, 4) is 0 Å². The zero-order valence-corrected chi connectivity index (χ0v) is 14.8. The topological polar surface area (TPSA) is 67.2 Å². The molecule has 1 aromatic carbocycles. The third-order valence-electron chi connectivity index (χ3n) is 4.17. The van der Waals surface area contributed by atoms with E-state index < -0.39 is 10.8 Å². The molecule has 1 atom stereocenters. The number of urea groups is 1. The Kier molecular flexibility index (Phi) is 4.71. The van der Waals surface area contributed by atoms with Crippen LogP contribution in [0.1, 0.15) is 19.4 Å². The molecule has 1 aliphatic heterocycles. The average Bonchev–Trinajstić information content (AvgIpc) is 3.05. The maximum atomic E-state index is 12.6. The fourth-order valence-corrected chi connectivity index (χ4v) is 4.03. The summed E-state index contributed by atoms with van der Waals surface area (Å²) in [5, 5.41) is 7.20. The van der Waals surface area contributed by atoms with Crippen molar-refractivity contribution in [2.75, 3.05) is 24.2 Å². The lowest BCUT2D eigenvalue weighted by Crippen LogP contribution is -2.53. The minimum Gasteiger partial charge on any atom is -0.322 e. The van der Waals surface area contributed by atoms with Crippen molar-refractivity contribution in [3.05, 3.63) is 48.3 Å². The third-order valence-corrected chi connectivity index (χ3v) is 6.09. The molecule has 1 aliphatic rings. The summed E-state index contributed by atoms with van der Waals surface area (Å²) in [7, 11) is -0.894. The minimum atomic E-state index is -0.894. The number of anilines is 1. The number of hydrogen-bond donors (Lipinski definition) is 1. The first-order chi connectivity index (χ1) is 11.5. The molecule has 0 bridgehead atoms. The molecule has 0 spiro atoms. The average molecular weight is 346 g/mol. The molecule has 3 rings (SSSR count). The van der Waals surface area contributed by atoms with Gasteiger partial charge in [0.05, 0.1) is 11.3 Å². The summed E-state index contributed by atoms with van der Waals surface area (Å²) in [6.45, 7) is 5.48. The zero-order valence-electron chi connectivity index (χ0n) is 13.9. The summed E-state index contributed by atoms with van der Waals surface area (Å²) in [5.41, 5.74) is 1.77. The monoisotopic (exact) mass is 346 g/mol. The second kappa shape index (κ2) is 6.76. The zero-order chi connectivity index (χ0) is 17.2. The standard InChI is InChI=1S/C17H22N4O2S/c1-17(2)13-20(10-11-24(17)23)16(22)19-15-7-4-3-6-14(15)12-21-9-5-8-18-21/h3-9H,10-13H2,1-2H3,(H,19,22). The molecule has 2 amide bonds. The van der Waals surface area contributed by atoms with Crippen LogP contribution in [0.25, 0.3) is 0 Å². The summed E-state index contributed by atoms with van der Waals surface area (Å²) in [6.07, 6.45) is 3.62. The molecule has 0 saturated carbocycles. The van der Waals surface area contributed by atoms with E-state index in [9.17, 15) is 9.00 Å². The van der Waals surface area contributed by atoms with Gasteiger partial charge < -0.3 is 10.2 Å². The van der Waals surface area contributed by atoms with Gasteiger partial charge in [-0.05, 0) is 31.5 Å². The summed E-state index contributed by atoms with van der Waals surface area (Å²) in [4.78, 5) is 14.4. The molecular formula is C17H22N4O2S. The van der Waals surface area contributed by atoms with Crippen molar-refractivity contribution >= 4 is 22.5 Å². The van der Waals surface area contributed by atoms with E-state index in [1.807, 2.05) is 55.1 Å². The second-order valence-corrected chi connectivity index (χ2v) is 8.73. The molecule has 7 heteroatoms. The lowest BCUT2D eigenvalue weighted by atomic mass is 10.1. The number of para-hydroxylation sites is 1. The first-order valence-electron chi connectivity index (χ1n) is 7.95. The minimum absolute atomic E-state index is 0.146. The van der Waals surface area contributed by atoms with Crippen LogP contribution in [-0.2, 0) is 17.3 Å². The molecule has 1 fully saturated rings. The van der Waals surface area contributed by atoms with Crippen molar-refractivity contribution in [2.45, 2.75) is 25.1 Å². The number of hydrogen-bond acceptors (Lipinski definition) is 3. The van der Waals surface area contributed by atoms with Crippen molar-refractivity contribution in [1.82, 2.24) is 14.7 Å². The SMILES string of the molecule is CC1(C)CN(C(=O)Nc2ccccc2Cn2cccn2)CCS1=O. The predicted octanol–water partition coefficient (Wildman–Crippen LogP) is 2.31. The molecule has 1 N–H and O–H groups in total. The predicted molar refractivity (Wildman–Crippen MR) is 95.5 cm³/mol. The molecule has 0 aliphatic carbocycles. The van der Waals surface area contributed by atoms with Crippen molar-refractivity contribution < 1.29 is 9.00 Å². The highest BCUT2D eigenvalue weighted by Crippen LogP contribution is 2.22. The Balaban J connectivity index is 1.72. The molecule has 2 heterocycles. The lowest BCUT2D eigenvalue weighted by Gasteiger charge is -2.37. The Labute approximate surface area is 144 Å². The maximum absolute atomic E-state index is 12.6. The van der Waals surface area contributed by atoms with Gasteiger partial charge in [0.1, 0.15) is 0 Å². The van der Waals surface area contributed by atoms with E-state index >= 15 is 0 Å². The van der Waals surface area contributed by atoms with E-state index in [4.69, 9.17) is 0 Å². The van der Waals surface area contributed by atoms with Gasteiger partial charge in [-0.1, -0.05) is 18.2 Å². The molecule has 1 saturated heterocycles. The van der Waals surface area contributed by atoms with Gasteiger partial charge in [0.15, 0.2) is 0 Å². The van der Waals surface area contributed by atoms with E-state index in [1.54, 1.807) is 11.1 Å². The van der Waals surface area contributed by atoms with Crippen LogP contribution in [0.3, 0.4) is 0 Å². The number of amides is 2. The fraction of sp³-hybridized carbons (Fsp3) is 0.412. The highest BCUT2D eigenvalue weighted by Gasteiger charge is 2.35. The molecule has 2 aromatic rings. The number of rotatable bonds is 3. The van der Waals surface area contributed by atoms with Gasteiger partial charge in [-0.15, -0.1) is 0 Å². The molecule has 128 valence electrons. The van der Waals surface area contributed by atoms with Crippen LogP contribution in [0.4, 0.5) is 10.5 Å². The second-order valence-electron chi connectivity index (χ2n) is 6.52. The largest absolute Gasteiger partial charge is 0.322 e. The number of nitrogens with zero attached hydrogens (tertiary/aromatic N) is 3. The van der Waals surface area contributed by atoms with Gasteiger partial charge in [0.25, 0.3) is 0 Å². The molecule has 0 radical (unpaired) electrons. The maximum Gasteiger partial charge on any atom is 0.321 e. The van der Waals surface area contributed by atoms with Gasteiger partial charge in [-0.3, -0.25) is 8.89 Å². The highest BCUT2D eigenvalue weighted by molar-refractivity contribution is 7.86. The van der Waals surface area contributed by atoms with E-state index in [0.717, 1.165) is 11.3 Å². The number of carbonyl (C=O) groups excluding carboxylic acids is 1. The molecule has 6 nitrogen and oxygen atoms in total. The van der Waals surface area contributed by atoms with E-state index in [0.29, 0.717) is 25.4 Å². The van der Waals surface area contributed by atoms with Crippen LogP contribution in [-0.4, -0.2) is 48.5 Å². The van der Waals surface area contributed by atoms with E-state index in [-0.39, 0.29) is 10.8 Å². The normalized spacial score (nSPS) is 19.9. The third kappa shape index (κ3) is 3.67. The summed E-state index contributed by atoms with van der Waals surface area (Å²) >= 11 is 0. The van der Waals surface area contributed by atoms with Gasteiger partial charge in [-0.25, -0.2) is 4.79 Å². The number of nitrogens with one attached hydrogen (secondary N) is 1. The number of benzene rings is 1. The Morgan fingerprint density at radius 1 is 1.33 bits per heavy atom. The molecular weight excluding hydrogens is 324 g/mol. The van der Waals surface area contributed by atoms with Crippen molar-refractivity contribution in [3.63, 3.8) is 0 Å². The van der Waals surface area contributed by atoms with Crippen molar-refractivity contribution in [1.29, 1.82) is 0 Å². The summed E-state index contributed by atoms with van der Waals surface area (Å²) in [6, 6.07) is 9.44. The molecule has 24 heavy (non-hydrogen) atoms. The lowest BCUT2D eigenvalue weighted by molar-refractivity contribution is 0.207. The quantitative estimate of drug-likeness (QED) is 0.927. The summed E-state index contributed by atoms with van der Waals surface area (Å²) in [5.74, 6) is 0.523. The Morgan fingerprint density at radius 3 is 2.83 bits per heavy atom. The fourth-order valence-electron chi connectivity index (χ4n) is 2.80. The van der Waals surface area contributed by atoms with Gasteiger partial charge in [0, 0.05) is 47.7 Å². The Morgan fingerprint density at radius 2 is 2.12 bits per heavy atom. The van der Waals surface area contributed by atoms with Gasteiger partial charge >= 0.3 is 6.03 Å². The number of aromatic nitrogens is 2. The highest BCUT2D eigenvalue weighted by atomic mass is 32.2. The van der Waals surface area contributed by atoms with Crippen LogP contribution >= 0.6 is 0 Å². The first kappa shape index (κ1) is 16.7. The Hall–Kier alpha value is -2.15. The van der Waals surface area contributed by atoms with Crippen molar-refractivity contribution in [2.24, 2.45) is 0 Å².